The molecule has 2 aliphatic heterocycles. The molecule has 176 valence electrons. The molecule has 4 heterocycles. The number of carbonyl (C=O) groups is 2. The lowest BCUT2D eigenvalue weighted by molar-refractivity contribution is -0.137. The lowest BCUT2D eigenvalue weighted by atomic mass is 9.86. The predicted molar refractivity (Wildman–Crippen MR) is 134 cm³/mol. The normalized spacial score (nSPS) is 21.7. The Morgan fingerprint density at radius 2 is 2.21 bits per heavy atom. The Morgan fingerprint density at radius 3 is 3.09 bits per heavy atom. The highest BCUT2D eigenvalue weighted by Gasteiger charge is 2.36. The highest BCUT2D eigenvalue weighted by molar-refractivity contribution is 8.14. The topological polar surface area (TPSA) is 84.4 Å². The van der Waals surface area contributed by atoms with E-state index in [0.29, 0.717) is 13.0 Å². The molecule has 1 N–H and O–H groups in total. The minimum absolute atomic E-state index is 0.0219. The van der Waals surface area contributed by atoms with Crippen LogP contribution in [0, 0.1) is 5.92 Å². The van der Waals surface area contributed by atoms with E-state index >= 15 is 0 Å². The van der Waals surface area contributed by atoms with Crippen molar-refractivity contribution in [3.63, 3.8) is 0 Å². The molecule has 3 aromatic rings. The highest BCUT2D eigenvalue weighted by Crippen LogP contribution is 2.42. The zero-order valence-corrected chi connectivity index (χ0v) is 20.6. The van der Waals surface area contributed by atoms with Gasteiger partial charge in [-0.15, -0.1) is 11.3 Å². The van der Waals surface area contributed by atoms with Gasteiger partial charge in [0.15, 0.2) is 5.12 Å². The molecule has 2 aromatic heterocycles. The summed E-state index contributed by atoms with van der Waals surface area (Å²) in [5.41, 5.74) is 3.28. The third-order valence-corrected chi connectivity index (χ3v) is 9.24. The molecule has 1 saturated heterocycles. The summed E-state index contributed by atoms with van der Waals surface area (Å²) in [7, 11) is 1.71. The van der Waals surface area contributed by atoms with Crippen molar-refractivity contribution < 1.29 is 14.3 Å². The molecule has 1 fully saturated rings. The number of benzene rings is 1. The Balaban J connectivity index is 1.26. The van der Waals surface area contributed by atoms with Crippen molar-refractivity contribution >= 4 is 55.8 Å². The second-order valence-corrected chi connectivity index (χ2v) is 11.4. The van der Waals surface area contributed by atoms with Crippen LogP contribution in [0.5, 0.6) is 0 Å². The molecule has 1 aromatic carbocycles. The molecule has 7 nitrogen and oxygen atoms in total. The van der Waals surface area contributed by atoms with E-state index in [4.69, 9.17) is 4.74 Å². The molecule has 0 radical (unpaired) electrons. The number of hydrogen-bond acceptors (Lipinski definition) is 8. The van der Waals surface area contributed by atoms with Gasteiger partial charge >= 0.3 is 0 Å². The van der Waals surface area contributed by atoms with Crippen LogP contribution in [0.25, 0.3) is 10.2 Å². The third kappa shape index (κ3) is 3.89. The molecule has 2 atom stereocenters. The average molecular weight is 495 g/mol. The second-order valence-electron chi connectivity index (χ2n) is 9.23. The highest BCUT2D eigenvalue weighted by atomic mass is 32.2. The van der Waals surface area contributed by atoms with E-state index < -0.39 is 0 Å². The average Bonchev–Trinajstić information content (AvgIpc) is 3.54. The number of thiophene rings is 1. The fourth-order valence-corrected chi connectivity index (χ4v) is 7.66. The molecule has 0 spiro atoms. The lowest BCUT2D eigenvalue weighted by Crippen LogP contribution is -2.43. The first-order valence-electron chi connectivity index (χ1n) is 11.8. The van der Waals surface area contributed by atoms with Crippen molar-refractivity contribution in [1.29, 1.82) is 0 Å². The van der Waals surface area contributed by atoms with E-state index in [1.807, 2.05) is 18.2 Å². The number of ether oxygens (including phenoxy) is 1. The number of thioether (sulfide) groups is 1. The molecule has 9 heteroatoms. The van der Waals surface area contributed by atoms with Crippen LogP contribution in [-0.2, 0) is 33.6 Å². The van der Waals surface area contributed by atoms with E-state index in [1.54, 1.807) is 24.8 Å². The largest absolute Gasteiger partial charge is 0.383 e. The molecule has 34 heavy (non-hydrogen) atoms. The maximum absolute atomic E-state index is 13.3. The summed E-state index contributed by atoms with van der Waals surface area (Å²) >= 11 is 2.99. The quantitative estimate of drug-likeness (QED) is 0.564. The maximum Gasteiger partial charge on any atom is 0.226 e. The Hall–Kier alpha value is -2.49. The van der Waals surface area contributed by atoms with E-state index in [-0.39, 0.29) is 23.0 Å². The van der Waals surface area contributed by atoms with Crippen LogP contribution in [0.15, 0.2) is 29.4 Å². The predicted octanol–water partition coefficient (Wildman–Crippen LogP) is 4.35. The summed E-state index contributed by atoms with van der Waals surface area (Å²) in [5.74, 6) is 1.09. The summed E-state index contributed by atoms with van der Waals surface area (Å²) in [6, 6.07) is 6.26. The van der Waals surface area contributed by atoms with Gasteiger partial charge in [0.05, 0.1) is 18.0 Å². The number of anilines is 2. The molecule has 1 aliphatic carbocycles. The molecule has 1 amide bonds. The van der Waals surface area contributed by atoms with Gasteiger partial charge in [-0.25, -0.2) is 9.97 Å². The van der Waals surface area contributed by atoms with Crippen molar-refractivity contribution in [3.05, 3.63) is 40.5 Å². The molecule has 0 saturated carbocycles. The summed E-state index contributed by atoms with van der Waals surface area (Å²) in [5, 5.41) is 4.72. The molecule has 6 rings (SSSR count). The van der Waals surface area contributed by atoms with Gasteiger partial charge in [0.1, 0.15) is 17.0 Å². The van der Waals surface area contributed by atoms with Crippen LogP contribution in [-0.4, -0.2) is 52.2 Å². The van der Waals surface area contributed by atoms with Gasteiger partial charge in [-0.1, -0.05) is 17.8 Å². The molecular weight excluding hydrogens is 468 g/mol. The van der Waals surface area contributed by atoms with Gasteiger partial charge in [-0.2, -0.15) is 0 Å². The number of amides is 1. The van der Waals surface area contributed by atoms with Gasteiger partial charge < -0.3 is 15.0 Å². The first-order valence-corrected chi connectivity index (χ1v) is 13.4. The first-order chi connectivity index (χ1) is 16.6. The van der Waals surface area contributed by atoms with Gasteiger partial charge in [0.2, 0.25) is 5.91 Å². The lowest BCUT2D eigenvalue weighted by Gasteiger charge is -2.30. The Morgan fingerprint density at radius 1 is 1.29 bits per heavy atom. The van der Waals surface area contributed by atoms with E-state index in [2.05, 4.69) is 20.2 Å². The molecule has 0 bridgehead atoms. The van der Waals surface area contributed by atoms with Gasteiger partial charge in [-0.3, -0.25) is 9.59 Å². The fraction of sp³-hybridized carbons (Fsp3) is 0.440. The number of fused-ring (bicyclic) bond motifs is 4. The van der Waals surface area contributed by atoms with Gasteiger partial charge in [0.25, 0.3) is 0 Å². The number of carbonyl (C=O) groups excluding carboxylic acids is 2. The summed E-state index contributed by atoms with van der Waals surface area (Å²) in [6.07, 6.45) is 6.65. The van der Waals surface area contributed by atoms with E-state index in [1.165, 1.54) is 22.2 Å². The van der Waals surface area contributed by atoms with E-state index in [0.717, 1.165) is 70.8 Å². The number of nitrogens with zero attached hydrogens (tertiary/aromatic N) is 3. The van der Waals surface area contributed by atoms with Crippen LogP contribution < -0.4 is 5.32 Å². The Labute approximate surface area is 206 Å². The number of methoxy groups -OCH3 is 1. The monoisotopic (exact) mass is 494 g/mol. The number of aromatic nitrogens is 2. The number of likely N-dealkylation sites (tertiary alicyclic amines) is 1. The molecule has 3 aliphatic rings. The van der Waals surface area contributed by atoms with Crippen molar-refractivity contribution in [2.45, 2.75) is 49.5 Å². The molecular formula is C25H26N4O3S2. The third-order valence-electron chi connectivity index (χ3n) is 7.10. The number of aryl methyl sites for hydroxylation is 1. The zero-order valence-electron chi connectivity index (χ0n) is 19.0. The van der Waals surface area contributed by atoms with Gasteiger partial charge in [0, 0.05) is 41.5 Å². The number of rotatable bonds is 5. The zero-order chi connectivity index (χ0) is 23.2. The summed E-state index contributed by atoms with van der Waals surface area (Å²) in [4.78, 5) is 39.5. The summed E-state index contributed by atoms with van der Waals surface area (Å²) < 4.78 is 5.35. The van der Waals surface area contributed by atoms with Crippen molar-refractivity contribution in [2.75, 3.05) is 25.6 Å². The molecule has 2 unspecified atom stereocenters. The minimum atomic E-state index is 0.0219. The maximum atomic E-state index is 13.3. The first kappa shape index (κ1) is 22.0. The van der Waals surface area contributed by atoms with Crippen LogP contribution in [0.4, 0.5) is 11.5 Å². The number of nitrogens with one attached hydrogen (secondary N) is 1. The Bertz CT molecular complexity index is 1290. The Kier molecular flexibility index (Phi) is 5.79. The smallest absolute Gasteiger partial charge is 0.226 e. The SMILES string of the molecule is COCC1CCCN1C(=O)C1CCc2c(sc3ncnc(Nc4ccc5c(c4)SC(=O)C5)c23)C1. The second kappa shape index (κ2) is 8.94. The van der Waals surface area contributed by atoms with Gasteiger partial charge in [-0.05, 0) is 55.4 Å². The van der Waals surface area contributed by atoms with Crippen molar-refractivity contribution in [3.8, 4) is 0 Å². The summed E-state index contributed by atoms with van der Waals surface area (Å²) in [6.45, 7) is 1.46. The fourth-order valence-electron chi connectivity index (χ4n) is 5.47. The van der Waals surface area contributed by atoms with Crippen molar-refractivity contribution in [2.24, 2.45) is 5.92 Å². The standard InChI is InChI=1S/C25H26N4O3S2/c1-32-12-17-3-2-8-29(17)25(31)15-5-7-18-20(9-15)34-24-22(18)23(26-13-27-24)28-16-6-4-14-10-21(30)33-19(14)11-16/h4,6,11,13,15,17H,2-3,5,7-10,12H2,1H3,(H,26,27,28). The number of hydrogen-bond donors (Lipinski definition) is 1. The van der Waals surface area contributed by atoms with Crippen LogP contribution >= 0.6 is 23.1 Å². The minimum Gasteiger partial charge on any atom is -0.383 e. The van der Waals surface area contributed by atoms with Crippen molar-refractivity contribution in [1.82, 2.24) is 14.9 Å². The van der Waals surface area contributed by atoms with Crippen LogP contribution in [0.2, 0.25) is 0 Å². The van der Waals surface area contributed by atoms with Crippen LogP contribution in [0.1, 0.15) is 35.3 Å². The van der Waals surface area contributed by atoms with Crippen LogP contribution in [0.3, 0.4) is 0 Å². The van der Waals surface area contributed by atoms with E-state index in [9.17, 15) is 9.59 Å².